The molecular weight excluding hydrogens is 265 g/mol. The Morgan fingerprint density at radius 2 is 1.89 bits per heavy atom. The number of ketones is 1. The van der Waals surface area contributed by atoms with Crippen molar-refractivity contribution in [2.75, 3.05) is 7.11 Å². The number of phenols is 1. The van der Waals surface area contributed by atoms with Crippen LogP contribution >= 0.6 is 0 Å². The molecule has 0 unspecified atom stereocenters. The summed E-state index contributed by atoms with van der Waals surface area (Å²) in [7, 11) is 1.08. The third kappa shape index (κ3) is 3.84. The van der Waals surface area contributed by atoms with E-state index in [1.165, 1.54) is 0 Å². The Morgan fingerprint density at radius 3 is 2.42 bits per heavy atom. The molecule has 0 saturated carbocycles. The van der Waals surface area contributed by atoms with Crippen molar-refractivity contribution in [2.24, 2.45) is 0 Å². The molecule has 1 aromatic carbocycles. The van der Waals surface area contributed by atoms with Crippen molar-refractivity contribution in [2.45, 2.75) is 6.18 Å². The summed E-state index contributed by atoms with van der Waals surface area (Å²) < 4.78 is 41.6. The van der Waals surface area contributed by atoms with Crippen molar-refractivity contribution < 1.29 is 32.6 Å². The quantitative estimate of drug-likeness (QED) is 0.522. The fourth-order valence-corrected chi connectivity index (χ4v) is 1.21. The number of hydrogen-bond acceptors (Lipinski definition) is 4. The number of benzene rings is 1. The van der Waals surface area contributed by atoms with Crippen LogP contribution in [0, 0.1) is 0 Å². The second-order valence-electron chi connectivity index (χ2n) is 3.45. The van der Waals surface area contributed by atoms with Crippen LogP contribution in [0.3, 0.4) is 0 Å². The zero-order valence-electron chi connectivity index (χ0n) is 9.69. The fraction of sp³-hybridized carbons (Fsp3) is 0.167. The molecule has 0 heterocycles. The van der Waals surface area contributed by atoms with Crippen molar-refractivity contribution in [1.82, 2.24) is 0 Å². The monoisotopic (exact) mass is 274 g/mol. The number of esters is 1. The summed E-state index contributed by atoms with van der Waals surface area (Å²) in [5, 5.41) is 9.36. The molecule has 102 valence electrons. The normalized spacial score (nSPS) is 11.6. The van der Waals surface area contributed by atoms with Gasteiger partial charge >= 0.3 is 12.1 Å². The van der Waals surface area contributed by atoms with Crippen LogP contribution < -0.4 is 0 Å². The molecule has 7 heteroatoms. The molecule has 1 aromatic rings. The number of carbonyl (C=O) groups excluding carboxylic acids is 2. The van der Waals surface area contributed by atoms with Crippen molar-refractivity contribution in [3.05, 3.63) is 41.5 Å². The van der Waals surface area contributed by atoms with Gasteiger partial charge in [-0.05, 0) is 24.3 Å². The third-order valence-electron chi connectivity index (χ3n) is 2.16. The zero-order chi connectivity index (χ0) is 14.6. The minimum absolute atomic E-state index is 0.513. The number of aromatic hydroxyl groups is 1. The molecular formula is C12H9F3O4. The highest BCUT2D eigenvalue weighted by Gasteiger charge is 2.31. The molecule has 0 aromatic heterocycles. The summed E-state index contributed by atoms with van der Waals surface area (Å²) >= 11 is 0. The van der Waals surface area contributed by atoms with E-state index in [0.717, 1.165) is 25.3 Å². The molecule has 0 aliphatic heterocycles. The van der Waals surface area contributed by atoms with Gasteiger partial charge in [0.25, 0.3) is 0 Å². The van der Waals surface area contributed by atoms with E-state index in [4.69, 9.17) is 0 Å². The Morgan fingerprint density at radius 1 is 1.26 bits per heavy atom. The van der Waals surface area contributed by atoms with Gasteiger partial charge in [-0.1, -0.05) is 0 Å². The first-order valence-corrected chi connectivity index (χ1v) is 4.96. The topological polar surface area (TPSA) is 63.6 Å². The second-order valence-corrected chi connectivity index (χ2v) is 3.45. The number of rotatable bonds is 3. The molecule has 0 spiro atoms. The van der Waals surface area contributed by atoms with E-state index >= 15 is 0 Å². The van der Waals surface area contributed by atoms with Crippen LogP contribution in [-0.2, 0) is 15.7 Å². The van der Waals surface area contributed by atoms with Crippen LogP contribution in [0.25, 0.3) is 0 Å². The lowest BCUT2D eigenvalue weighted by atomic mass is 10.1. The minimum Gasteiger partial charge on any atom is -0.507 e. The predicted molar refractivity (Wildman–Crippen MR) is 58.6 cm³/mol. The molecule has 0 amide bonds. The average molecular weight is 274 g/mol. The fourth-order valence-electron chi connectivity index (χ4n) is 1.21. The van der Waals surface area contributed by atoms with Gasteiger partial charge in [-0.3, -0.25) is 4.79 Å². The molecule has 1 N–H and O–H groups in total. The third-order valence-corrected chi connectivity index (χ3v) is 2.16. The maximum absolute atomic E-state index is 12.4. The summed E-state index contributed by atoms with van der Waals surface area (Å²) in [6.07, 6.45) is -3.15. The van der Waals surface area contributed by atoms with Crippen molar-refractivity contribution in [3.8, 4) is 5.75 Å². The number of allylic oxidation sites excluding steroid dienone is 1. The van der Waals surface area contributed by atoms with Crippen molar-refractivity contribution in [1.29, 1.82) is 0 Å². The lowest BCUT2D eigenvalue weighted by Crippen LogP contribution is -2.07. The van der Waals surface area contributed by atoms with Crippen LogP contribution in [0.5, 0.6) is 5.75 Å². The Labute approximate surface area is 106 Å². The first-order chi connectivity index (χ1) is 8.75. The Kier molecular flexibility index (Phi) is 4.31. The number of phenolic OH excluding ortho intramolecular Hbond substituents is 1. The molecule has 0 aliphatic carbocycles. The molecule has 0 saturated heterocycles. The van der Waals surface area contributed by atoms with Gasteiger partial charge in [0, 0.05) is 6.08 Å². The number of ether oxygens (including phenoxy) is 1. The maximum atomic E-state index is 12.4. The first kappa shape index (κ1) is 14.7. The Balaban J connectivity index is 3.09. The number of halogens is 3. The summed E-state index contributed by atoms with van der Waals surface area (Å²) in [4.78, 5) is 22.3. The van der Waals surface area contributed by atoms with Gasteiger partial charge in [-0.2, -0.15) is 13.2 Å². The van der Waals surface area contributed by atoms with Gasteiger partial charge in [0.05, 0.1) is 18.2 Å². The maximum Gasteiger partial charge on any atom is 0.416 e. The molecule has 1 rings (SSSR count). The lowest BCUT2D eigenvalue weighted by molar-refractivity contribution is -0.137. The van der Waals surface area contributed by atoms with E-state index in [1.807, 2.05) is 0 Å². The standard InChI is InChI=1S/C12H9F3O4/c1-19-11(18)5-4-10(17)8-6-7(12(13,14)15)2-3-9(8)16/h2-6,16H,1H3/b5-4+. The van der Waals surface area contributed by atoms with Crippen LogP contribution in [0.4, 0.5) is 13.2 Å². The molecule has 0 fully saturated rings. The van der Waals surface area contributed by atoms with Gasteiger partial charge in [0.1, 0.15) is 5.75 Å². The molecule has 0 bridgehead atoms. The number of methoxy groups -OCH3 is 1. The highest BCUT2D eigenvalue weighted by molar-refractivity contribution is 6.08. The van der Waals surface area contributed by atoms with E-state index in [0.29, 0.717) is 12.1 Å². The van der Waals surface area contributed by atoms with Gasteiger partial charge in [-0.15, -0.1) is 0 Å². The average Bonchev–Trinajstić information content (AvgIpc) is 2.34. The minimum atomic E-state index is -4.63. The molecule has 0 aliphatic rings. The van der Waals surface area contributed by atoms with Gasteiger partial charge in [-0.25, -0.2) is 4.79 Å². The molecule has 19 heavy (non-hydrogen) atoms. The van der Waals surface area contributed by atoms with E-state index in [9.17, 15) is 27.9 Å². The van der Waals surface area contributed by atoms with Crippen LogP contribution in [-0.4, -0.2) is 24.0 Å². The number of carbonyl (C=O) groups is 2. The van der Waals surface area contributed by atoms with Gasteiger partial charge < -0.3 is 9.84 Å². The van der Waals surface area contributed by atoms with E-state index in [1.54, 1.807) is 0 Å². The number of alkyl halides is 3. The summed E-state index contributed by atoms with van der Waals surface area (Å²) in [6.45, 7) is 0. The Hall–Kier alpha value is -2.31. The van der Waals surface area contributed by atoms with Crippen LogP contribution in [0.15, 0.2) is 30.4 Å². The SMILES string of the molecule is COC(=O)/C=C/C(=O)c1cc(C(F)(F)F)ccc1O. The van der Waals surface area contributed by atoms with Crippen LogP contribution in [0.2, 0.25) is 0 Å². The van der Waals surface area contributed by atoms with Gasteiger partial charge in [0.2, 0.25) is 0 Å². The summed E-state index contributed by atoms with van der Waals surface area (Å²) in [5.41, 5.74) is -1.62. The zero-order valence-corrected chi connectivity index (χ0v) is 9.69. The molecule has 4 nitrogen and oxygen atoms in total. The second kappa shape index (κ2) is 5.55. The highest BCUT2D eigenvalue weighted by Crippen LogP contribution is 2.32. The van der Waals surface area contributed by atoms with Crippen molar-refractivity contribution in [3.63, 3.8) is 0 Å². The molecule has 0 radical (unpaired) electrons. The molecule has 0 atom stereocenters. The summed E-state index contributed by atoms with van der Waals surface area (Å²) in [5.74, 6) is -2.37. The largest absolute Gasteiger partial charge is 0.507 e. The number of hydrogen-bond donors (Lipinski definition) is 1. The smallest absolute Gasteiger partial charge is 0.416 e. The van der Waals surface area contributed by atoms with Gasteiger partial charge in [0.15, 0.2) is 5.78 Å². The summed E-state index contributed by atoms with van der Waals surface area (Å²) in [6, 6.07) is 1.93. The lowest BCUT2D eigenvalue weighted by Gasteiger charge is -2.08. The Bertz CT molecular complexity index is 532. The van der Waals surface area contributed by atoms with Crippen molar-refractivity contribution >= 4 is 11.8 Å². The first-order valence-electron chi connectivity index (χ1n) is 4.96. The van der Waals surface area contributed by atoms with E-state index in [-0.39, 0.29) is 0 Å². The van der Waals surface area contributed by atoms with E-state index < -0.39 is 34.8 Å². The highest BCUT2D eigenvalue weighted by atomic mass is 19.4. The van der Waals surface area contributed by atoms with Crippen LogP contribution in [0.1, 0.15) is 15.9 Å². The van der Waals surface area contributed by atoms with E-state index in [2.05, 4.69) is 4.74 Å². The predicted octanol–water partition coefficient (Wildman–Crippen LogP) is 2.32.